The molecule has 2 aromatic rings. The van der Waals surface area contributed by atoms with Gasteiger partial charge in [0.25, 0.3) is 0 Å². The van der Waals surface area contributed by atoms with E-state index in [4.69, 9.17) is 0 Å². The fourth-order valence-corrected chi connectivity index (χ4v) is 3.19. The van der Waals surface area contributed by atoms with E-state index in [1.807, 2.05) is 37.3 Å². The van der Waals surface area contributed by atoms with Crippen molar-refractivity contribution in [2.24, 2.45) is 4.99 Å². The number of aliphatic imine (C=N–C) groups is 1. The number of amides is 1. The van der Waals surface area contributed by atoms with Crippen molar-refractivity contribution >= 4 is 23.2 Å². The summed E-state index contributed by atoms with van der Waals surface area (Å²) in [6.45, 7) is 6.83. The Morgan fingerprint density at radius 2 is 1.96 bits per heavy atom. The Kier molecular flexibility index (Phi) is 8.69. The monoisotopic (exact) mass is 372 g/mol. The summed E-state index contributed by atoms with van der Waals surface area (Å²) in [5.74, 6) is 1.17. The maximum atomic E-state index is 12.0. The molecule has 1 aromatic carbocycles. The van der Waals surface area contributed by atoms with Gasteiger partial charge in [0, 0.05) is 38.5 Å². The molecule has 6 heteroatoms. The summed E-state index contributed by atoms with van der Waals surface area (Å²) in [5, 5.41) is 13.6. The van der Waals surface area contributed by atoms with E-state index in [0.29, 0.717) is 32.0 Å². The summed E-state index contributed by atoms with van der Waals surface area (Å²) < 4.78 is 0. The first kappa shape index (κ1) is 20.0. The van der Waals surface area contributed by atoms with Crippen LogP contribution >= 0.6 is 11.3 Å². The molecule has 1 aromatic heterocycles. The number of guanidine groups is 1. The van der Waals surface area contributed by atoms with Gasteiger partial charge in [-0.3, -0.25) is 9.79 Å². The van der Waals surface area contributed by atoms with Crippen molar-refractivity contribution in [3.8, 4) is 0 Å². The Labute approximate surface area is 159 Å². The van der Waals surface area contributed by atoms with Gasteiger partial charge in [-0.1, -0.05) is 37.3 Å². The average Bonchev–Trinajstić information content (AvgIpc) is 3.20. The molecule has 5 nitrogen and oxygen atoms in total. The van der Waals surface area contributed by atoms with Crippen LogP contribution in [0.2, 0.25) is 0 Å². The lowest BCUT2D eigenvalue weighted by atomic mass is 10.1. The Morgan fingerprint density at radius 1 is 1.15 bits per heavy atom. The van der Waals surface area contributed by atoms with Gasteiger partial charge in [-0.25, -0.2) is 0 Å². The first-order valence-corrected chi connectivity index (χ1v) is 9.98. The molecular weight excluding hydrogens is 344 g/mol. The quantitative estimate of drug-likeness (QED) is 0.468. The van der Waals surface area contributed by atoms with E-state index in [9.17, 15) is 4.79 Å². The van der Waals surface area contributed by atoms with Gasteiger partial charge in [0.15, 0.2) is 5.96 Å². The number of thiophene rings is 1. The molecule has 0 saturated heterocycles. The van der Waals surface area contributed by atoms with E-state index in [2.05, 4.69) is 44.7 Å². The number of hydrogen-bond donors (Lipinski definition) is 3. The molecule has 0 spiro atoms. The SMILES string of the molecule is CCNC(=NCC(C)c1ccsc1)NCCC(=O)NCc1ccccc1. The van der Waals surface area contributed by atoms with Crippen LogP contribution in [-0.2, 0) is 11.3 Å². The third kappa shape index (κ3) is 7.27. The zero-order valence-electron chi connectivity index (χ0n) is 15.5. The summed E-state index contributed by atoms with van der Waals surface area (Å²) >= 11 is 1.71. The van der Waals surface area contributed by atoms with Crippen LogP contribution in [0.5, 0.6) is 0 Å². The molecule has 140 valence electrons. The summed E-state index contributed by atoms with van der Waals surface area (Å²) in [6, 6.07) is 12.1. The fourth-order valence-electron chi connectivity index (χ4n) is 2.41. The minimum atomic E-state index is 0.0313. The van der Waals surface area contributed by atoms with Gasteiger partial charge in [-0.05, 0) is 34.9 Å². The zero-order valence-corrected chi connectivity index (χ0v) is 16.3. The van der Waals surface area contributed by atoms with Crippen LogP contribution in [0.1, 0.15) is 37.3 Å². The highest BCUT2D eigenvalue weighted by Gasteiger charge is 2.07. The highest BCUT2D eigenvalue weighted by Crippen LogP contribution is 2.18. The highest BCUT2D eigenvalue weighted by molar-refractivity contribution is 7.07. The highest BCUT2D eigenvalue weighted by atomic mass is 32.1. The van der Waals surface area contributed by atoms with Gasteiger partial charge >= 0.3 is 0 Å². The molecule has 0 saturated carbocycles. The lowest BCUT2D eigenvalue weighted by Gasteiger charge is -2.13. The molecule has 1 amide bonds. The smallest absolute Gasteiger partial charge is 0.222 e. The Hall–Kier alpha value is -2.34. The largest absolute Gasteiger partial charge is 0.357 e. The van der Waals surface area contributed by atoms with Crippen molar-refractivity contribution in [3.63, 3.8) is 0 Å². The maximum Gasteiger partial charge on any atom is 0.222 e. The molecule has 26 heavy (non-hydrogen) atoms. The predicted octanol–water partition coefficient (Wildman–Crippen LogP) is 3.11. The van der Waals surface area contributed by atoms with Gasteiger partial charge in [0.1, 0.15) is 0 Å². The van der Waals surface area contributed by atoms with Crippen LogP contribution in [0.3, 0.4) is 0 Å². The predicted molar refractivity (Wildman–Crippen MR) is 110 cm³/mol. The van der Waals surface area contributed by atoms with Crippen LogP contribution < -0.4 is 16.0 Å². The van der Waals surface area contributed by atoms with Gasteiger partial charge < -0.3 is 16.0 Å². The van der Waals surface area contributed by atoms with Gasteiger partial charge in [-0.2, -0.15) is 11.3 Å². The lowest BCUT2D eigenvalue weighted by molar-refractivity contribution is -0.121. The first-order valence-electron chi connectivity index (χ1n) is 9.04. The van der Waals surface area contributed by atoms with Crippen LogP contribution in [0.4, 0.5) is 0 Å². The summed E-state index contributed by atoms with van der Waals surface area (Å²) in [6.07, 6.45) is 0.414. The molecule has 1 unspecified atom stereocenters. The number of nitrogens with one attached hydrogen (secondary N) is 3. The van der Waals surface area contributed by atoms with Crippen molar-refractivity contribution in [1.82, 2.24) is 16.0 Å². The van der Waals surface area contributed by atoms with Crippen molar-refractivity contribution in [2.75, 3.05) is 19.6 Å². The second-order valence-electron chi connectivity index (χ2n) is 6.12. The number of hydrogen-bond acceptors (Lipinski definition) is 3. The third-order valence-electron chi connectivity index (χ3n) is 3.96. The number of benzene rings is 1. The number of carbonyl (C=O) groups excluding carboxylic acids is 1. The van der Waals surface area contributed by atoms with Gasteiger partial charge in [0.05, 0.1) is 0 Å². The number of carbonyl (C=O) groups is 1. The topological polar surface area (TPSA) is 65.5 Å². The standard InChI is InChI=1S/C20H28N4OS/c1-3-21-20(24-13-16(2)18-10-12-26-15-18)22-11-9-19(25)23-14-17-7-5-4-6-8-17/h4-8,10,12,15-16H,3,9,11,13-14H2,1-2H3,(H,23,25)(H2,21,22,24). The minimum absolute atomic E-state index is 0.0313. The third-order valence-corrected chi connectivity index (χ3v) is 4.66. The molecule has 1 heterocycles. The Bertz CT molecular complexity index is 670. The second-order valence-corrected chi connectivity index (χ2v) is 6.90. The molecule has 0 aliphatic rings. The van der Waals surface area contributed by atoms with Crippen molar-refractivity contribution in [1.29, 1.82) is 0 Å². The van der Waals surface area contributed by atoms with Crippen LogP contribution in [0.25, 0.3) is 0 Å². The summed E-state index contributed by atoms with van der Waals surface area (Å²) in [4.78, 5) is 16.6. The first-order chi connectivity index (χ1) is 12.7. The van der Waals surface area contributed by atoms with Gasteiger partial charge in [-0.15, -0.1) is 0 Å². The molecule has 2 rings (SSSR count). The molecule has 0 aliphatic carbocycles. The van der Waals surface area contributed by atoms with Crippen molar-refractivity contribution in [2.45, 2.75) is 32.7 Å². The summed E-state index contributed by atoms with van der Waals surface area (Å²) in [5.41, 5.74) is 2.42. The second kappa shape index (κ2) is 11.3. The lowest BCUT2D eigenvalue weighted by Crippen LogP contribution is -2.39. The van der Waals surface area contributed by atoms with Crippen LogP contribution in [0.15, 0.2) is 52.2 Å². The van der Waals surface area contributed by atoms with Gasteiger partial charge in [0.2, 0.25) is 5.91 Å². The van der Waals surface area contributed by atoms with Crippen molar-refractivity contribution < 1.29 is 4.79 Å². The molecule has 0 fully saturated rings. The minimum Gasteiger partial charge on any atom is -0.357 e. The molecule has 3 N–H and O–H groups in total. The Morgan fingerprint density at radius 3 is 2.65 bits per heavy atom. The molecule has 0 radical (unpaired) electrons. The fraction of sp³-hybridized carbons (Fsp3) is 0.400. The number of nitrogens with zero attached hydrogens (tertiary/aromatic N) is 1. The molecule has 0 aliphatic heterocycles. The zero-order chi connectivity index (χ0) is 18.6. The van der Waals surface area contributed by atoms with E-state index < -0.39 is 0 Å². The van der Waals surface area contributed by atoms with E-state index in [-0.39, 0.29) is 5.91 Å². The van der Waals surface area contributed by atoms with E-state index in [1.54, 1.807) is 11.3 Å². The van der Waals surface area contributed by atoms with Crippen molar-refractivity contribution in [3.05, 3.63) is 58.3 Å². The maximum absolute atomic E-state index is 12.0. The number of rotatable bonds is 9. The summed E-state index contributed by atoms with van der Waals surface area (Å²) in [7, 11) is 0. The van der Waals surface area contributed by atoms with Crippen LogP contribution in [0, 0.1) is 0 Å². The molecular formula is C20H28N4OS. The van der Waals surface area contributed by atoms with E-state index >= 15 is 0 Å². The van der Waals surface area contributed by atoms with Crippen LogP contribution in [-0.4, -0.2) is 31.5 Å². The molecule has 0 bridgehead atoms. The molecule has 1 atom stereocenters. The Balaban J connectivity index is 1.71. The normalized spacial score (nSPS) is 12.5. The van der Waals surface area contributed by atoms with E-state index in [1.165, 1.54) is 5.56 Å². The van der Waals surface area contributed by atoms with E-state index in [0.717, 1.165) is 18.1 Å². The average molecular weight is 373 g/mol.